The van der Waals surface area contributed by atoms with Crippen molar-refractivity contribution in [3.8, 4) is 5.75 Å². The number of carbonyl (C=O) groups is 2. The molecule has 1 saturated heterocycles. The van der Waals surface area contributed by atoms with Crippen LogP contribution in [-0.2, 0) is 6.61 Å². The molecule has 9 nitrogen and oxygen atoms in total. The van der Waals surface area contributed by atoms with Crippen LogP contribution in [0, 0.1) is 5.41 Å². The number of piperazine rings is 1. The minimum atomic E-state index is -0.896. The molecule has 166 valence electrons. The molecule has 0 spiro atoms. The third-order valence-corrected chi connectivity index (χ3v) is 5.37. The first-order valence-corrected chi connectivity index (χ1v) is 10.2. The second-order valence-corrected chi connectivity index (χ2v) is 8.59. The predicted molar refractivity (Wildman–Crippen MR) is 116 cm³/mol. The lowest BCUT2D eigenvalue weighted by Crippen LogP contribution is -2.59. The number of hydrogen-bond donors (Lipinski definition) is 2. The van der Waals surface area contributed by atoms with E-state index < -0.39 is 6.09 Å². The van der Waals surface area contributed by atoms with Gasteiger partial charge < -0.3 is 25.0 Å². The summed E-state index contributed by atoms with van der Waals surface area (Å²) in [6.45, 7) is 7.93. The number of nitrogens with one attached hydrogen (secondary N) is 1. The molecule has 0 aliphatic carbocycles. The molecule has 1 aromatic heterocycles. The molecule has 0 radical (unpaired) electrons. The van der Waals surface area contributed by atoms with Crippen molar-refractivity contribution in [2.24, 2.45) is 5.41 Å². The van der Waals surface area contributed by atoms with E-state index in [0.717, 1.165) is 5.56 Å². The average Bonchev–Trinajstić information content (AvgIpc) is 2.77. The van der Waals surface area contributed by atoms with Crippen molar-refractivity contribution in [1.82, 2.24) is 20.2 Å². The molecule has 9 heteroatoms. The Morgan fingerprint density at radius 3 is 2.35 bits per heavy atom. The van der Waals surface area contributed by atoms with Crippen LogP contribution in [0.25, 0.3) is 0 Å². The van der Waals surface area contributed by atoms with Crippen molar-refractivity contribution in [2.75, 3.05) is 31.6 Å². The van der Waals surface area contributed by atoms with Crippen molar-refractivity contribution in [1.29, 1.82) is 0 Å². The van der Waals surface area contributed by atoms with E-state index in [1.807, 2.05) is 37.8 Å². The number of hydrogen-bond acceptors (Lipinski definition) is 6. The fourth-order valence-electron chi connectivity index (χ4n) is 3.55. The van der Waals surface area contributed by atoms with Crippen molar-refractivity contribution < 1.29 is 19.4 Å². The van der Waals surface area contributed by atoms with Gasteiger partial charge in [-0.1, -0.05) is 32.9 Å². The van der Waals surface area contributed by atoms with Gasteiger partial charge in [-0.15, -0.1) is 0 Å². The maximum atomic E-state index is 11.6. The largest absolute Gasteiger partial charge is 0.486 e. The Morgan fingerprint density at radius 2 is 1.81 bits per heavy atom. The zero-order valence-electron chi connectivity index (χ0n) is 18.3. The van der Waals surface area contributed by atoms with Gasteiger partial charge in [0.1, 0.15) is 6.61 Å². The van der Waals surface area contributed by atoms with Crippen LogP contribution in [0.15, 0.2) is 36.7 Å². The van der Waals surface area contributed by atoms with Crippen LogP contribution in [0.5, 0.6) is 5.75 Å². The van der Waals surface area contributed by atoms with Crippen LogP contribution in [0.2, 0.25) is 0 Å². The van der Waals surface area contributed by atoms with Gasteiger partial charge in [0.15, 0.2) is 5.75 Å². The van der Waals surface area contributed by atoms with Gasteiger partial charge >= 0.3 is 6.09 Å². The normalized spacial score (nSPS) is 16.7. The minimum absolute atomic E-state index is 0.130. The number of anilines is 1. The van der Waals surface area contributed by atoms with Gasteiger partial charge in [-0.2, -0.15) is 0 Å². The summed E-state index contributed by atoms with van der Waals surface area (Å²) in [5.74, 6) is 0.964. The van der Waals surface area contributed by atoms with Crippen LogP contribution >= 0.6 is 0 Å². The Morgan fingerprint density at radius 1 is 1.16 bits per heavy atom. The first-order valence-electron chi connectivity index (χ1n) is 10.2. The topological polar surface area (TPSA) is 108 Å². The maximum absolute atomic E-state index is 11.6. The van der Waals surface area contributed by atoms with E-state index in [1.165, 1.54) is 4.90 Å². The number of amides is 2. The lowest BCUT2D eigenvalue weighted by molar-refractivity contribution is 0.0745. The minimum Gasteiger partial charge on any atom is -0.486 e. The third kappa shape index (κ3) is 5.42. The maximum Gasteiger partial charge on any atom is 0.407 e. The zero-order valence-corrected chi connectivity index (χ0v) is 18.3. The molecule has 31 heavy (non-hydrogen) atoms. The summed E-state index contributed by atoms with van der Waals surface area (Å²) in [6.07, 6.45) is 2.35. The Bertz CT molecular complexity index is 909. The van der Waals surface area contributed by atoms with Gasteiger partial charge in [0.2, 0.25) is 5.95 Å². The van der Waals surface area contributed by atoms with E-state index >= 15 is 0 Å². The first kappa shape index (κ1) is 22.3. The van der Waals surface area contributed by atoms with Crippen LogP contribution in [-0.4, -0.2) is 64.7 Å². The molecule has 2 N–H and O–H groups in total. The predicted octanol–water partition coefficient (Wildman–Crippen LogP) is 2.63. The van der Waals surface area contributed by atoms with Crippen LogP contribution in [0.1, 0.15) is 36.7 Å². The molecule has 1 fully saturated rings. The van der Waals surface area contributed by atoms with Gasteiger partial charge in [0.25, 0.3) is 5.91 Å². The molecular weight excluding hydrogens is 398 g/mol. The van der Waals surface area contributed by atoms with E-state index in [9.17, 15) is 14.7 Å². The van der Waals surface area contributed by atoms with E-state index in [4.69, 9.17) is 4.74 Å². The highest BCUT2D eigenvalue weighted by molar-refractivity contribution is 5.93. The Hall–Kier alpha value is -3.36. The monoisotopic (exact) mass is 427 g/mol. The molecule has 1 aromatic carbocycles. The number of benzene rings is 1. The quantitative estimate of drug-likeness (QED) is 0.755. The lowest BCUT2D eigenvalue weighted by Gasteiger charge is -2.45. The molecular formula is C22H29N5O4. The van der Waals surface area contributed by atoms with Gasteiger partial charge in [-0.05, 0) is 23.1 Å². The molecule has 1 aliphatic rings. The fraction of sp³-hybridized carbons (Fsp3) is 0.455. The second-order valence-electron chi connectivity index (χ2n) is 8.59. The highest BCUT2D eigenvalue weighted by Gasteiger charge is 2.38. The lowest BCUT2D eigenvalue weighted by atomic mass is 9.84. The molecule has 2 amide bonds. The van der Waals surface area contributed by atoms with Crippen LogP contribution in [0.3, 0.4) is 0 Å². The molecule has 0 bridgehead atoms. The van der Waals surface area contributed by atoms with Gasteiger partial charge in [0.05, 0.1) is 18.4 Å². The summed E-state index contributed by atoms with van der Waals surface area (Å²) < 4.78 is 5.75. The second kappa shape index (κ2) is 9.20. The Balaban J connectivity index is 1.61. The van der Waals surface area contributed by atoms with E-state index in [-0.39, 0.29) is 17.4 Å². The number of carbonyl (C=O) groups excluding carboxylic acids is 1. The fourth-order valence-corrected chi connectivity index (χ4v) is 3.55. The Kier molecular flexibility index (Phi) is 6.62. The van der Waals surface area contributed by atoms with Crippen molar-refractivity contribution in [3.63, 3.8) is 0 Å². The average molecular weight is 428 g/mol. The van der Waals surface area contributed by atoms with Crippen molar-refractivity contribution in [2.45, 2.75) is 33.4 Å². The number of rotatable bonds is 5. The summed E-state index contributed by atoms with van der Waals surface area (Å²) >= 11 is 0. The molecule has 3 rings (SSSR count). The number of aromatic nitrogens is 2. The highest BCUT2D eigenvalue weighted by atomic mass is 16.5. The van der Waals surface area contributed by atoms with Crippen LogP contribution < -0.4 is 15.0 Å². The van der Waals surface area contributed by atoms with E-state index in [0.29, 0.717) is 43.5 Å². The summed E-state index contributed by atoms with van der Waals surface area (Å²) in [6, 6.07) is 7.03. The molecule has 2 heterocycles. The standard InChI is InChI=1S/C22H29N5O4/c1-22(2,3)18-13-26(9-10-27(18)21(29)30)20-24-11-17(12-25-20)31-14-15-5-7-16(8-6-15)19(28)23-4/h5-8,11-12,18H,9-10,13-14H2,1-4H3,(H,23,28)(H,29,30). The Labute approximate surface area is 182 Å². The molecule has 2 aromatic rings. The number of nitrogens with zero attached hydrogens (tertiary/aromatic N) is 4. The zero-order chi connectivity index (χ0) is 22.6. The molecule has 1 atom stereocenters. The highest BCUT2D eigenvalue weighted by Crippen LogP contribution is 2.29. The summed E-state index contributed by atoms with van der Waals surface area (Å²) in [7, 11) is 1.60. The van der Waals surface area contributed by atoms with Gasteiger partial charge in [-0.25, -0.2) is 14.8 Å². The van der Waals surface area contributed by atoms with Gasteiger partial charge in [0, 0.05) is 32.2 Å². The number of ether oxygens (including phenoxy) is 1. The molecule has 1 aliphatic heterocycles. The molecule has 1 unspecified atom stereocenters. The first-order chi connectivity index (χ1) is 14.7. The van der Waals surface area contributed by atoms with E-state index in [1.54, 1.807) is 31.6 Å². The third-order valence-electron chi connectivity index (χ3n) is 5.37. The summed E-state index contributed by atoms with van der Waals surface area (Å²) in [4.78, 5) is 35.5. The van der Waals surface area contributed by atoms with Crippen molar-refractivity contribution >= 4 is 17.9 Å². The smallest absolute Gasteiger partial charge is 0.407 e. The van der Waals surface area contributed by atoms with E-state index in [2.05, 4.69) is 15.3 Å². The SMILES string of the molecule is CNC(=O)c1ccc(COc2cnc(N3CCN(C(=O)O)C(C(C)(C)C)C3)nc2)cc1. The van der Waals surface area contributed by atoms with Crippen molar-refractivity contribution in [3.05, 3.63) is 47.8 Å². The number of carboxylic acid groups (broad SMARTS) is 1. The summed E-state index contributed by atoms with van der Waals surface area (Å²) in [5.41, 5.74) is 1.32. The summed E-state index contributed by atoms with van der Waals surface area (Å²) in [5, 5.41) is 12.1. The molecule has 0 saturated carbocycles. The van der Waals surface area contributed by atoms with Crippen LogP contribution in [0.4, 0.5) is 10.7 Å². The van der Waals surface area contributed by atoms with Gasteiger partial charge in [-0.3, -0.25) is 4.79 Å².